The van der Waals surface area contributed by atoms with E-state index in [0.717, 1.165) is 32.1 Å². The van der Waals surface area contributed by atoms with Crippen LogP contribution in [0.1, 0.15) is 38.5 Å². The molecule has 7 N–H and O–H groups in total. The number of aliphatic hydroxyl groups is 5. The monoisotopic (exact) mass is 349 g/mol. The predicted octanol–water partition coefficient (Wildman–Crippen LogP) is -2.04. The number of hydrogen-bond acceptors (Lipinski definition) is 7. The van der Waals surface area contributed by atoms with Gasteiger partial charge in [-0.25, -0.2) is 4.79 Å². The minimum Gasteiger partial charge on any atom is -0.480 e. The quantitative estimate of drug-likeness (QED) is 0.250. The third-order valence-electron chi connectivity index (χ3n) is 4.43. The fraction of sp³-hybridized carbons (Fsp3) is 0.867. The number of aliphatic hydroxyl groups excluding tert-OH is 5. The van der Waals surface area contributed by atoms with Crippen molar-refractivity contribution in [3.63, 3.8) is 0 Å². The first-order valence-electron chi connectivity index (χ1n) is 8.14. The number of carboxylic acid groups (broad SMARTS) is 1. The highest BCUT2D eigenvalue weighted by molar-refractivity contribution is 5.86. The summed E-state index contributed by atoms with van der Waals surface area (Å²) in [6, 6.07) is -1.21. The summed E-state index contributed by atoms with van der Waals surface area (Å²) in [6.45, 7) is -0.869. The van der Waals surface area contributed by atoms with Gasteiger partial charge in [0.1, 0.15) is 24.4 Å². The summed E-state index contributed by atoms with van der Waals surface area (Å²) in [5, 5.41) is 58.2. The Morgan fingerprint density at radius 1 is 1.00 bits per heavy atom. The Bertz CT molecular complexity index is 412. The average Bonchev–Trinajstić information content (AvgIpc) is 2.59. The average molecular weight is 349 g/mol. The molecule has 0 aliphatic heterocycles. The van der Waals surface area contributed by atoms with Gasteiger partial charge in [-0.15, -0.1) is 0 Å². The molecular formula is C15H27NO8. The SMILES string of the molecule is O=C(O)C(CC1CCCCC1)NC(=O)[C@H](O)[C@@H](O)[C@H](O)[C@H](O)CO. The van der Waals surface area contributed by atoms with Gasteiger partial charge in [0.2, 0.25) is 0 Å². The number of amides is 1. The van der Waals surface area contributed by atoms with E-state index in [1.165, 1.54) is 0 Å². The van der Waals surface area contributed by atoms with Gasteiger partial charge in [0.25, 0.3) is 5.91 Å². The maximum Gasteiger partial charge on any atom is 0.326 e. The van der Waals surface area contributed by atoms with Crippen molar-refractivity contribution in [3.8, 4) is 0 Å². The van der Waals surface area contributed by atoms with Crippen molar-refractivity contribution in [3.05, 3.63) is 0 Å². The molecular weight excluding hydrogens is 322 g/mol. The van der Waals surface area contributed by atoms with Crippen LogP contribution in [0.4, 0.5) is 0 Å². The highest BCUT2D eigenvalue weighted by Gasteiger charge is 2.36. The van der Waals surface area contributed by atoms with E-state index in [-0.39, 0.29) is 12.3 Å². The van der Waals surface area contributed by atoms with Crippen molar-refractivity contribution in [2.45, 2.75) is 69.0 Å². The summed E-state index contributed by atoms with van der Waals surface area (Å²) >= 11 is 0. The van der Waals surface area contributed by atoms with E-state index in [1.807, 2.05) is 0 Å². The van der Waals surface area contributed by atoms with Gasteiger partial charge in [-0.1, -0.05) is 32.1 Å². The van der Waals surface area contributed by atoms with E-state index in [2.05, 4.69) is 5.32 Å². The van der Waals surface area contributed by atoms with Gasteiger partial charge in [-0.05, 0) is 12.3 Å². The highest BCUT2D eigenvalue weighted by atomic mass is 16.4. The number of nitrogens with one attached hydrogen (secondary N) is 1. The zero-order valence-electron chi connectivity index (χ0n) is 13.4. The molecule has 24 heavy (non-hydrogen) atoms. The second kappa shape index (κ2) is 9.90. The first-order chi connectivity index (χ1) is 11.3. The third kappa shape index (κ3) is 5.99. The molecule has 1 fully saturated rings. The lowest BCUT2D eigenvalue weighted by Crippen LogP contribution is -2.54. The molecule has 9 nitrogen and oxygen atoms in total. The molecule has 1 rings (SSSR count). The minimum absolute atomic E-state index is 0.170. The molecule has 0 aromatic heterocycles. The van der Waals surface area contributed by atoms with E-state index in [9.17, 15) is 35.1 Å². The van der Waals surface area contributed by atoms with Crippen molar-refractivity contribution >= 4 is 11.9 Å². The molecule has 0 spiro atoms. The van der Waals surface area contributed by atoms with Crippen LogP contribution in [0.15, 0.2) is 0 Å². The smallest absolute Gasteiger partial charge is 0.326 e. The molecule has 0 bridgehead atoms. The first kappa shape index (κ1) is 20.8. The summed E-state index contributed by atoms with van der Waals surface area (Å²) in [5.74, 6) is -2.23. The Morgan fingerprint density at radius 2 is 1.58 bits per heavy atom. The molecule has 1 aliphatic carbocycles. The van der Waals surface area contributed by atoms with E-state index in [4.69, 9.17) is 5.11 Å². The van der Waals surface area contributed by atoms with Crippen molar-refractivity contribution in [1.29, 1.82) is 0 Å². The lowest BCUT2D eigenvalue weighted by Gasteiger charge is -2.28. The van der Waals surface area contributed by atoms with Gasteiger partial charge >= 0.3 is 5.97 Å². The van der Waals surface area contributed by atoms with Crippen LogP contribution in [-0.4, -0.2) is 79.6 Å². The van der Waals surface area contributed by atoms with E-state index >= 15 is 0 Å². The van der Waals surface area contributed by atoms with Gasteiger partial charge in [0, 0.05) is 0 Å². The Balaban J connectivity index is 2.61. The second-order valence-electron chi connectivity index (χ2n) is 6.32. The molecule has 0 saturated heterocycles. The number of hydrogen-bond donors (Lipinski definition) is 7. The van der Waals surface area contributed by atoms with Gasteiger partial charge in [-0.3, -0.25) is 4.79 Å². The van der Waals surface area contributed by atoms with Crippen LogP contribution in [0.25, 0.3) is 0 Å². The number of carbonyl (C=O) groups is 2. The van der Waals surface area contributed by atoms with Crippen molar-refractivity contribution < 1.29 is 40.2 Å². The van der Waals surface area contributed by atoms with Gasteiger partial charge < -0.3 is 36.0 Å². The van der Waals surface area contributed by atoms with Gasteiger partial charge in [0.05, 0.1) is 6.61 Å². The molecule has 0 aromatic rings. The van der Waals surface area contributed by atoms with Crippen molar-refractivity contribution in [2.75, 3.05) is 6.61 Å². The number of carbonyl (C=O) groups excluding carboxylic acids is 1. The Hall–Kier alpha value is -1.26. The van der Waals surface area contributed by atoms with E-state index < -0.39 is 48.9 Å². The molecule has 1 aliphatic rings. The zero-order chi connectivity index (χ0) is 18.3. The number of aliphatic carboxylic acids is 1. The molecule has 0 heterocycles. The second-order valence-corrected chi connectivity index (χ2v) is 6.32. The van der Waals surface area contributed by atoms with Crippen LogP contribution in [0.3, 0.4) is 0 Å². The lowest BCUT2D eigenvalue weighted by atomic mass is 9.84. The fourth-order valence-electron chi connectivity index (χ4n) is 2.91. The van der Waals surface area contributed by atoms with Gasteiger partial charge in [-0.2, -0.15) is 0 Å². The maximum atomic E-state index is 11.9. The molecule has 0 aromatic carbocycles. The van der Waals surface area contributed by atoms with E-state index in [1.54, 1.807) is 0 Å². The highest BCUT2D eigenvalue weighted by Crippen LogP contribution is 2.27. The van der Waals surface area contributed by atoms with Crippen molar-refractivity contribution in [2.24, 2.45) is 5.92 Å². The number of rotatable bonds is 9. The van der Waals surface area contributed by atoms with Crippen LogP contribution < -0.4 is 5.32 Å². The van der Waals surface area contributed by atoms with Crippen LogP contribution in [-0.2, 0) is 9.59 Å². The lowest BCUT2D eigenvalue weighted by molar-refractivity contribution is -0.153. The Labute approximate surface area is 139 Å². The van der Waals surface area contributed by atoms with Crippen LogP contribution in [0, 0.1) is 5.92 Å². The van der Waals surface area contributed by atoms with Crippen LogP contribution >= 0.6 is 0 Å². The predicted molar refractivity (Wildman–Crippen MR) is 81.9 cm³/mol. The van der Waals surface area contributed by atoms with Gasteiger partial charge in [0.15, 0.2) is 6.10 Å². The molecule has 1 unspecified atom stereocenters. The summed E-state index contributed by atoms with van der Waals surface area (Å²) in [4.78, 5) is 23.2. The topological polar surface area (TPSA) is 168 Å². The van der Waals surface area contributed by atoms with E-state index in [0.29, 0.717) is 0 Å². The Kier molecular flexibility index (Phi) is 8.57. The zero-order valence-corrected chi connectivity index (χ0v) is 13.4. The molecule has 1 saturated carbocycles. The molecule has 1 amide bonds. The first-order valence-corrected chi connectivity index (χ1v) is 8.14. The van der Waals surface area contributed by atoms with Crippen LogP contribution in [0.2, 0.25) is 0 Å². The Morgan fingerprint density at radius 3 is 2.08 bits per heavy atom. The summed E-state index contributed by atoms with van der Waals surface area (Å²) in [7, 11) is 0. The number of carboxylic acids is 1. The summed E-state index contributed by atoms with van der Waals surface area (Å²) < 4.78 is 0. The summed E-state index contributed by atoms with van der Waals surface area (Å²) in [5.41, 5.74) is 0. The normalized spacial score (nSPS) is 22.2. The molecule has 0 radical (unpaired) electrons. The maximum absolute atomic E-state index is 11.9. The standard InChI is InChI=1S/C15H27NO8/c17-7-10(18)11(19)12(20)13(21)14(22)16-9(15(23)24)6-8-4-2-1-3-5-8/h8-13,17-21H,1-7H2,(H,16,22)(H,23,24)/t9?,10-,11-,12+,13-/m1/s1. The fourth-order valence-corrected chi connectivity index (χ4v) is 2.91. The molecule has 9 heteroatoms. The van der Waals surface area contributed by atoms with Crippen LogP contribution in [0.5, 0.6) is 0 Å². The largest absolute Gasteiger partial charge is 0.480 e. The summed E-state index contributed by atoms with van der Waals surface area (Å²) in [6.07, 6.45) is -2.75. The molecule has 5 atom stereocenters. The minimum atomic E-state index is -2.13. The van der Waals surface area contributed by atoms with Crippen molar-refractivity contribution in [1.82, 2.24) is 5.32 Å². The third-order valence-corrected chi connectivity index (χ3v) is 4.43. The molecule has 140 valence electrons.